The first-order chi connectivity index (χ1) is 15.3. The van der Waals surface area contributed by atoms with Gasteiger partial charge in [0.05, 0.1) is 11.1 Å². The molecule has 0 heterocycles. The van der Waals surface area contributed by atoms with Crippen molar-refractivity contribution in [1.29, 1.82) is 0 Å². The molecule has 0 aliphatic heterocycles. The molecule has 4 aromatic carbocycles. The van der Waals surface area contributed by atoms with Crippen molar-refractivity contribution >= 4 is 11.9 Å². The van der Waals surface area contributed by atoms with E-state index in [4.69, 9.17) is 20.4 Å². The molecule has 0 spiro atoms. The maximum absolute atomic E-state index is 10.7. The fraction of sp³-hybridized carbons (Fsp3) is 0. The minimum absolute atomic E-state index is 0.214. The molecule has 0 aliphatic rings. The van der Waals surface area contributed by atoms with Crippen molar-refractivity contribution in [3.05, 3.63) is 108 Å². The summed E-state index contributed by atoms with van der Waals surface area (Å²) >= 11 is 0. The summed E-state index contributed by atoms with van der Waals surface area (Å²) in [6, 6.07) is 26.7. The molecule has 0 amide bonds. The van der Waals surface area contributed by atoms with Crippen LogP contribution in [0.25, 0.3) is 22.3 Å². The Labute approximate surface area is 184 Å². The van der Waals surface area contributed by atoms with Crippen LogP contribution in [0.2, 0.25) is 0 Å². The summed E-state index contributed by atoms with van der Waals surface area (Å²) in [4.78, 5) is 21.3. The van der Waals surface area contributed by atoms with E-state index >= 15 is 0 Å². The van der Waals surface area contributed by atoms with E-state index in [0.29, 0.717) is 0 Å². The lowest BCUT2D eigenvalue weighted by Crippen LogP contribution is -1.94. The van der Waals surface area contributed by atoms with E-state index in [1.54, 1.807) is 97.1 Å². The minimum atomic E-state index is -0.933. The monoisotopic (exact) mass is 428 g/mol. The van der Waals surface area contributed by atoms with Gasteiger partial charge >= 0.3 is 11.9 Å². The van der Waals surface area contributed by atoms with Crippen LogP contribution in [0.15, 0.2) is 97.1 Å². The topological polar surface area (TPSA) is 115 Å². The molecule has 4 rings (SSSR count). The molecule has 0 radical (unpaired) electrons. The molecule has 0 aromatic heterocycles. The predicted molar refractivity (Wildman–Crippen MR) is 121 cm³/mol. The molecule has 0 bridgehead atoms. The Morgan fingerprint density at radius 3 is 0.844 bits per heavy atom. The summed E-state index contributed by atoms with van der Waals surface area (Å²) in [7, 11) is 0. The van der Waals surface area contributed by atoms with Crippen molar-refractivity contribution in [2.24, 2.45) is 0 Å². The fourth-order valence-corrected chi connectivity index (χ4v) is 2.92. The molecule has 0 atom stereocenters. The maximum Gasteiger partial charge on any atom is 0.335 e. The molecule has 4 N–H and O–H groups in total. The Hall–Kier alpha value is -4.58. The summed E-state index contributed by atoms with van der Waals surface area (Å²) in [5.74, 6) is -1.44. The third-order valence-corrected chi connectivity index (χ3v) is 4.66. The number of carbonyl (C=O) groups is 2. The third-order valence-electron chi connectivity index (χ3n) is 4.66. The van der Waals surface area contributed by atoms with Crippen LogP contribution in [0.1, 0.15) is 20.7 Å². The number of aromatic carboxylic acids is 2. The van der Waals surface area contributed by atoms with Crippen LogP contribution in [-0.4, -0.2) is 32.4 Å². The smallest absolute Gasteiger partial charge is 0.335 e. The van der Waals surface area contributed by atoms with Gasteiger partial charge in [-0.25, -0.2) is 9.59 Å². The number of carboxylic acids is 2. The highest BCUT2D eigenvalue weighted by molar-refractivity contribution is 5.88. The third kappa shape index (κ3) is 5.73. The first-order valence-corrected chi connectivity index (χ1v) is 9.59. The van der Waals surface area contributed by atoms with Crippen LogP contribution in [0, 0.1) is 0 Å². The summed E-state index contributed by atoms with van der Waals surface area (Å²) in [6.45, 7) is 0. The van der Waals surface area contributed by atoms with Gasteiger partial charge in [-0.1, -0.05) is 48.5 Å². The number of aromatic hydroxyl groups is 2. The van der Waals surface area contributed by atoms with Gasteiger partial charge in [0.1, 0.15) is 11.5 Å². The van der Waals surface area contributed by atoms with Gasteiger partial charge in [-0.15, -0.1) is 0 Å². The van der Waals surface area contributed by atoms with Gasteiger partial charge < -0.3 is 20.4 Å². The Balaban J connectivity index is 0.000000181. The minimum Gasteiger partial charge on any atom is -0.508 e. The lowest BCUT2D eigenvalue weighted by atomic mass is 10.0. The quantitative estimate of drug-likeness (QED) is 0.340. The van der Waals surface area contributed by atoms with Crippen LogP contribution in [0.4, 0.5) is 0 Å². The second kappa shape index (κ2) is 9.95. The Bertz CT molecular complexity index is 1090. The molecule has 0 fully saturated rings. The average Bonchev–Trinajstić information content (AvgIpc) is 2.81. The van der Waals surface area contributed by atoms with Crippen molar-refractivity contribution in [2.75, 3.05) is 0 Å². The second-order valence-corrected chi connectivity index (χ2v) is 6.86. The van der Waals surface area contributed by atoms with Crippen LogP contribution in [-0.2, 0) is 0 Å². The van der Waals surface area contributed by atoms with Crippen molar-refractivity contribution in [3.8, 4) is 33.8 Å². The van der Waals surface area contributed by atoms with E-state index in [9.17, 15) is 9.59 Å². The molecule has 0 unspecified atom stereocenters. The Morgan fingerprint density at radius 1 is 0.406 bits per heavy atom. The van der Waals surface area contributed by atoms with Crippen molar-refractivity contribution < 1.29 is 30.0 Å². The molecule has 0 saturated heterocycles. The SMILES string of the molecule is O=C(O)c1ccc(-c2ccc(O)cc2)cc1.O=C(O)c1ccc(-c2ccc(O)cc2)cc1. The molecule has 32 heavy (non-hydrogen) atoms. The largest absolute Gasteiger partial charge is 0.508 e. The zero-order valence-corrected chi connectivity index (χ0v) is 16.8. The van der Waals surface area contributed by atoms with Gasteiger partial charge in [-0.05, 0) is 70.8 Å². The predicted octanol–water partition coefficient (Wildman–Crippen LogP) is 5.51. The normalized spacial score (nSPS) is 10.0. The van der Waals surface area contributed by atoms with E-state index in [1.165, 1.54) is 0 Å². The maximum atomic E-state index is 10.7. The first kappa shape index (κ1) is 22.1. The van der Waals surface area contributed by atoms with Gasteiger partial charge in [0.25, 0.3) is 0 Å². The van der Waals surface area contributed by atoms with Crippen molar-refractivity contribution in [1.82, 2.24) is 0 Å². The van der Waals surface area contributed by atoms with E-state index in [-0.39, 0.29) is 22.6 Å². The average molecular weight is 428 g/mol. The summed E-state index contributed by atoms with van der Waals surface area (Å²) in [5.41, 5.74) is 4.25. The molecule has 6 heteroatoms. The van der Waals surface area contributed by atoms with Crippen LogP contribution in [0.3, 0.4) is 0 Å². The molecular formula is C26H20O6. The molecule has 160 valence electrons. The number of phenolic OH excluding ortho intramolecular Hbond substituents is 2. The first-order valence-electron chi connectivity index (χ1n) is 9.59. The lowest BCUT2D eigenvalue weighted by molar-refractivity contribution is 0.0686. The molecule has 0 saturated carbocycles. The molecular weight excluding hydrogens is 408 g/mol. The molecule has 0 aliphatic carbocycles. The van der Waals surface area contributed by atoms with Crippen LogP contribution >= 0.6 is 0 Å². The summed E-state index contributed by atoms with van der Waals surface area (Å²) in [5, 5.41) is 35.8. The van der Waals surface area contributed by atoms with Crippen LogP contribution < -0.4 is 0 Å². The van der Waals surface area contributed by atoms with E-state index in [0.717, 1.165) is 22.3 Å². The van der Waals surface area contributed by atoms with Crippen molar-refractivity contribution in [2.45, 2.75) is 0 Å². The summed E-state index contributed by atoms with van der Waals surface area (Å²) < 4.78 is 0. The highest BCUT2D eigenvalue weighted by atomic mass is 16.4. The number of phenols is 2. The molecule has 4 aromatic rings. The van der Waals surface area contributed by atoms with Gasteiger partial charge in [0, 0.05) is 0 Å². The highest BCUT2D eigenvalue weighted by Gasteiger charge is 2.04. The zero-order valence-electron chi connectivity index (χ0n) is 16.8. The second-order valence-electron chi connectivity index (χ2n) is 6.86. The van der Waals surface area contributed by atoms with Gasteiger partial charge in [0.2, 0.25) is 0 Å². The standard InChI is InChI=1S/2C13H10O3/c2*14-12-7-5-10(6-8-12)9-1-3-11(4-2-9)13(15)16/h2*1-8,14H,(H,15,16). The van der Waals surface area contributed by atoms with E-state index < -0.39 is 11.9 Å². The number of rotatable bonds is 4. The highest BCUT2D eigenvalue weighted by Crippen LogP contribution is 2.23. The van der Waals surface area contributed by atoms with Gasteiger partial charge in [-0.3, -0.25) is 0 Å². The van der Waals surface area contributed by atoms with Crippen molar-refractivity contribution in [3.63, 3.8) is 0 Å². The zero-order chi connectivity index (χ0) is 23.1. The number of benzene rings is 4. The Kier molecular flexibility index (Phi) is 6.88. The number of hydrogen-bond acceptors (Lipinski definition) is 4. The van der Waals surface area contributed by atoms with Crippen LogP contribution in [0.5, 0.6) is 11.5 Å². The van der Waals surface area contributed by atoms with E-state index in [2.05, 4.69) is 0 Å². The molecule has 6 nitrogen and oxygen atoms in total. The summed E-state index contributed by atoms with van der Waals surface area (Å²) in [6.07, 6.45) is 0. The lowest BCUT2D eigenvalue weighted by Gasteiger charge is -2.02. The van der Waals surface area contributed by atoms with Gasteiger partial charge in [-0.2, -0.15) is 0 Å². The van der Waals surface area contributed by atoms with E-state index in [1.807, 2.05) is 0 Å². The fourth-order valence-electron chi connectivity index (χ4n) is 2.92. The number of hydrogen-bond donors (Lipinski definition) is 4. The van der Waals surface area contributed by atoms with Gasteiger partial charge in [0.15, 0.2) is 0 Å². The number of carboxylic acid groups (broad SMARTS) is 2. The Morgan fingerprint density at radius 2 is 0.625 bits per heavy atom.